The van der Waals surface area contributed by atoms with Crippen LogP contribution in [-0.2, 0) is 12.8 Å². The lowest BCUT2D eigenvalue weighted by atomic mass is 9.96. The van der Waals surface area contributed by atoms with Crippen LogP contribution in [0.25, 0.3) is 11.1 Å². The molecule has 0 heterocycles. The van der Waals surface area contributed by atoms with E-state index < -0.39 is 0 Å². The van der Waals surface area contributed by atoms with Gasteiger partial charge in [-0.05, 0) is 84.0 Å². The van der Waals surface area contributed by atoms with Crippen LogP contribution in [0, 0.1) is 18.6 Å². The molecule has 0 unspecified atom stereocenters. The molecule has 0 aliphatic carbocycles. The standard InChI is InChI=1S/C22H20F2O2/c1-14-20(21(24)8-9-22(14)25)7-6-15-10-17(13-19(11-15)26-2)16-4-3-5-18(23)12-16/h3-5,8-13,25H,6-7H2,1-2H3. The van der Waals surface area contributed by atoms with Crippen molar-refractivity contribution >= 4 is 0 Å². The minimum atomic E-state index is -0.325. The van der Waals surface area contributed by atoms with Crippen molar-refractivity contribution in [2.45, 2.75) is 19.8 Å². The van der Waals surface area contributed by atoms with Gasteiger partial charge in [0.2, 0.25) is 0 Å². The molecule has 0 spiro atoms. The van der Waals surface area contributed by atoms with Gasteiger partial charge in [-0.1, -0.05) is 18.2 Å². The third-order valence-corrected chi connectivity index (χ3v) is 4.54. The average molecular weight is 354 g/mol. The van der Waals surface area contributed by atoms with E-state index in [1.54, 1.807) is 20.1 Å². The minimum absolute atomic E-state index is 0.0903. The molecular formula is C22H20F2O2. The molecule has 0 aliphatic rings. The van der Waals surface area contributed by atoms with Crippen molar-refractivity contribution in [3.05, 3.63) is 82.9 Å². The number of aromatic hydroxyl groups is 1. The zero-order chi connectivity index (χ0) is 18.7. The molecule has 0 fully saturated rings. The molecule has 1 N–H and O–H groups in total. The Morgan fingerprint density at radius 3 is 2.46 bits per heavy atom. The number of hydrogen-bond donors (Lipinski definition) is 1. The normalized spacial score (nSPS) is 10.8. The maximum atomic E-state index is 14.1. The molecule has 0 atom stereocenters. The van der Waals surface area contributed by atoms with Gasteiger partial charge in [0.25, 0.3) is 0 Å². The lowest BCUT2D eigenvalue weighted by Gasteiger charge is -2.12. The zero-order valence-corrected chi connectivity index (χ0v) is 14.7. The number of aryl methyl sites for hydroxylation is 1. The van der Waals surface area contributed by atoms with E-state index >= 15 is 0 Å². The molecular weight excluding hydrogens is 334 g/mol. The summed E-state index contributed by atoms with van der Waals surface area (Å²) in [6, 6.07) is 14.7. The van der Waals surface area contributed by atoms with Crippen LogP contribution in [0.3, 0.4) is 0 Å². The lowest BCUT2D eigenvalue weighted by Crippen LogP contribution is -1.99. The Hall–Kier alpha value is -2.88. The van der Waals surface area contributed by atoms with E-state index in [1.807, 2.05) is 24.3 Å². The van der Waals surface area contributed by atoms with Gasteiger partial charge < -0.3 is 9.84 Å². The smallest absolute Gasteiger partial charge is 0.126 e. The van der Waals surface area contributed by atoms with E-state index in [0.717, 1.165) is 16.7 Å². The molecule has 0 amide bonds. The topological polar surface area (TPSA) is 29.5 Å². The summed E-state index contributed by atoms with van der Waals surface area (Å²) in [5.74, 6) is 0.125. The van der Waals surface area contributed by atoms with Crippen molar-refractivity contribution in [2.24, 2.45) is 0 Å². The molecule has 2 nitrogen and oxygen atoms in total. The number of halogens is 2. The molecule has 3 aromatic rings. The SMILES string of the molecule is COc1cc(CCc2c(F)ccc(O)c2C)cc(-c2cccc(F)c2)c1. The number of rotatable bonds is 5. The van der Waals surface area contributed by atoms with Crippen molar-refractivity contribution in [3.8, 4) is 22.6 Å². The van der Waals surface area contributed by atoms with E-state index in [0.29, 0.717) is 29.7 Å². The molecule has 0 saturated heterocycles. The van der Waals surface area contributed by atoms with Crippen LogP contribution in [-0.4, -0.2) is 12.2 Å². The lowest BCUT2D eigenvalue weighted by molar-refractivity contribution is 0.414. The van der Waals surface area contributed by atoms with Crippen molar-refractivity contribution in [1.82, 2.24) is 0 Å². The van der Waals surface area contributed by atoms with Gasteiger partial charge in [-0.25, -0.2) is 8.78 Å². The van der Waals surface area contributed by atoms with Crippen LogP contribution in [0.5, 0.6) is 11.5 Å². The molecule has 134 valence electrons. The fourth-order valence-corrected chi connectivity index (χ4v) is 3.05. The number of phenols is 1. The number of hydrogen-bond acceptors (Lipinski definition) is 2. The fourth-order valence-electron chi connectivity index (χ4n) is 3.05. The van der Waals surface area contributed by atoms with Crippen molar-refractivity contribution in [3.63, 3.8) is 0 Å². The monoisotopic (exact) mass is 354 g/mol. The Morgan fingerprint density at radius 2 is 1.73 bits per heavy atom. The second kappa shape index (κ2) is 7.56. The highest BCUT2D eigenvalue weighted by atomic mass is 19.1. The van der Waals surface area contributed by atoms with Gasteiger partial charge in [-0.3, -0.25) is 0 Å². The predicted molar refractivity (Wildman–Crippen MR) is 98.6 cm³/mol. The molecule has 0 radical (unpaired) electrons. The molecule has 0 aliphatic heterocycles. The first kappa shape index (κ1) is 17.9. The van der Waals surface area contributed by atoms with E-state index in [4.69, 9.17) is 4.74 Å². The average Bonchev–Trinajstić information content (AvgIpc) is 2.64. The van der Waals surface area contributed by atoms with Crippen molar-refractivity contribution in [2.75, 3.05) is 7.11 Å². The van der Waals surface area contributed by atoms with E-state index in [2.05, 4.69) is 0 Å². The molecule has 4 heteroatoms. The molecule has 0 aromatic heterocycles. The highest BCUT2D eigenvalue weighted by Crippen LogP contribution is 2.29. The maximum absolute atomic E-state index is 14.1. The molecule has 0 saturated carbocycles. The van der Waals surface area contributed by atoms with E-state index in [1.165, 1.54) is 24.3 Å². The first-order chi connectivity index (χ1) is 12.5. The van der Waals surface area contributed by atoms with Crippen LogP contribution < -0.4 is 4.74 Å². The van der Waals surface area contributed by atoms with Gasteiger partial charge >= 0.3 is 0 Å². The molecule has 0 bridgehead atoms. The van der Waals surface area contributed by atoms with E-state index in [-0.39, 0.29) is 17.4 Å². The summed E-state index contributed by atoms with van der Waals surface area (Å²) >= 11 is 0. The van der Waals surface area contributed by atoms with Gasteiger partial charge in [0.05, 0.1) is 7.11 Å². The van der Waals surface area contributed by atoms with Crippen LogP contribution in [0.15, 0.2) is 54.6 Å². The Balaban J connectivity index is 1.91. The Labute approximate surface area is 151 Å². The van der Waals surface area contributed by atoms with Gasteiger partial charge in [-0.15, -0.1) is 0 Å². The molecule has 3 aromatic carbocycles. The highest BCUT2D eigenvalue weighted by molar-refractivity contribution is 5.66. The van der Waals surface area contributed by atoms with Gasteiger partial charge in [0.1, 0.15) is 23.1 Å². The zero-order valence-electron chi connectivity index (χ0n) is 14.7. The van der Waals surface area contributed by atoms with Crippen molar-refractivity contribution in [1.29, 1.82) is 0 Å². The first-order valence-corrected chi connectivity index (χ1v) is 8.39. The van der Waals surface area contributed by atoms with Gasteiger partial charge in [-0.2, -0.15) is 0 Å². The van der Waals surface area contributed by atoms with E-state index in [9.17, 15) is 13.9 Å². The minimum Gasteiger partial charge on any atom is -0.508 e. The summed E-state index contributed by atoms with van der Waals surface area (Å²) in [4.78, 5) is 0. The van der Waals surface area contributed by atoms with Crippen LogP contribution in [0.4, 0.5) is 8.78 Å². The highest BCUT2D eigenvalue weighted by Gasteiger charge is 2.11. The quantitative estimate of drug-likeness (QED) is 0.661. The maximum Gasteiger partial charge on any atom is 0.126 e. The second-order valence-electron chi connectivity index (χ2n) is 6.25. The fraction of sp³-hybridized carbons (Fsp3) is 0.182. The molecule has 26 heavy (non-hydrogen) atoms. The second-order valence-corrected chi connectivity index (χ2v) is 6.25. The van der Waals surface area contributed by atoms with Gasteiger partial charge in [0, 0.05) is 0 Å². The number of benzene rings is 3. The summed E-state index contributed by atoms with van der Waals surface area (Å²) in [6.07, 6.45) is 1.02. The first-order valence-electron chi connectivity index (χ1n) is 8.39. The largest absolute Gasteiger partial charge is 0.508 e. The number of methoxy groups -OCH3 is 1. The number of ether oxygens (including phenoxy) is 1. The summed E-state index contributed by atoms with van der Waals surface area (Å²) in [5.41, 5.74) is 3.60. The summed E-state index contributed by atoms with van der Waals surface area (Å²) in [7, 11) is 1.58. The Bertz CT molecular complexity index is 935. The summed E-state index contributed by atoms with van der Waals surface area (Å²) < 4.78 is 33.0. The van der Waals surface area contributed by atoms with Crippen LogP contribution in [0.1, 0.15) is 16.7 Å². The Morgan fingerprint density at radius 1 is 0.923 bits per heavy atom. The summed E-state index contributed by atoms with van der Waals surface area (Å²) in [6.45, 7) is 1.71. The van der Waals surface area contributed by atoms with Crippen LogP contribution in [0.2, 0.25) is 0 Å². The van der Waals surface area contributed by atoms with Gasteiger partial charge in [0.15, 0.2) is 0 Å². The molecule has 3 rings (SSSR count). The number of phenolic OH excluding ortho intramolecular Hbond substituents is 1. The van der Waals surface area contributed by atoms with Crippen LogP contribution >= 0.6 is 0 Å². The predicted octanol–water partition coefficient (Wildman–Crippen LogP) is 5.44. The van der Waals surface area contributed by atoms with Crippen molar-refractivity contribution < 1.29 is 18.6 Å². The third-order valence-electron chi connectivity index (χ3n) is 4.54. The Kier molecular flexibility index (Phi) is 5.21. The summed E-state index contributed by atoms with van der Waals surface area (Å²) in [5, 5.41) is 9.80. The third kappa shape index (κ3) is 3.85.